The van der Waals surface area contributed by atoms with E-state index in [1.54, 1.807) is 23.1 Å². The third-order valence-corrected chi connectivity index (χ3v) is 5.64. The molecule has 0 saturated carbocycles. The maximum absolute atomic E-state index is 12.4. The van der Waals surface area contributed by atoms with Crippen molar-refractivity contribution in [1.82, 2.24) is 10.4 Å². The lowest BCUT2D eigenvalue weighted by Gasteiger charge is -2.08. The number of unbranched alkanes of at least 4 members (excludes halogenated alkanes) is 1. The minimum absolute atomic E-state index is 0.159. The summed E-state index contributed by atoms with van der Waals surface area (Å²) in [4.78, 5) is 17.9. The van der Waals surface area contributed by atoms with Gasteiger partial charge < -0.3 is 0 Å². The molecule has 0 bridgehead atoms. The number of thioether (sulfide) groups is 1. The quantitative estimate of drug-likeness (QED) is 0.447. The lowest BCUT2D eigenvalue weighted by molar-refractivity contribution is 0.0960. The summed E-state index contributed by atoms with van der Waals surface area (Å²) in [5, 5.41) is 0.692. The van der Waals surface area contributed by atoms with Crippen LogP contribution in [0.3, 0.4) is 0 Å². The van der Waals surface area contributed by atoms with Crippen molar-refractivity contribution in [2.45, 2.75) is 31.1 Å². The summed E-state index contributed by atoms with van der Waals surface area (Å²) in [5.74, 6) is -0.159. The first-order chi connectivity index (χ1) is 12.2. The van der Waals surface area contributed by atoms with Crippen LogP contribution in [0.5, 0.6) is 0 Å². The summed E-state index contributed by atoms with van der Waals surface area (Å²) in [6.45, 7) is 2.20. The number of hydrazine groups is 1. The van der Waals surface area contributed by atoms with Crippen molar-refractivity contribution in [3.05, 3.63) is 53.6 Å². The van der Waals surface area contributed by atoms with Crippen LogP contribution in [-0.2, 0) is 6.42 Å². The maximum atomic E-state index is 12.4. The van der Waals surface area contributed by atoms with Crippen LogP contribution >= 0.6 is 23.1 Å². The second-order valence-electron chi connectivity index (χ2n) is 5.70. The predicted octanol–water partition coefficient (Wildman–Crippen LogP) is 5.12. The fourth-order valence-electron chi connectivity index (χ4n) is 2.57. The second kappa shape index (κ2) is 8.36. The molecule has 4 nitrogen and oxygen atoms in total. The highest BCUT2D eigenvalue weighted by molar-refractivity contribution is 7.98. The highest BCUT2D eigenvalue weighted by Crippen LogP contribution is 2.27. The number of amides is 1. The molecule has 0 fully saturated rings. The number of carbonyl (C=O) groups is 1. The van der Waals surface area contributed by atoms with Crippen LogP contribution in [0.25, 0.3) is 10.2 Å². The van der Waals surface area contributed by atoms with E-state index < -0.39 is 0 Å². The zero-order valence-corrected chi connectivity index (χ0v) is 16.0. The molecule has 0 spiro atoms. The number of fused-ring (bicyclic) bond motifs is 1. The average molecular weight is 372 g/mol. The molecule has 6 heteroatoms. The minimum atomic E-state index is -0.159. The zero-order chi connectivity index (χ0) is 17.6. The van der Waals surface area contributed by atoms with Crippen LogP contribution in [0, 0.1) is 0 Å². The van der Waals surface area contributed by atoms with Gasteiger partial charge in [-0.1, -0.05) is 42.9 Å². The van der Waals surface area contributed by atoms with Gasteiger partial charge in [0.25, 0.3) is 5.91 Å². The summed E-state index contributed by atoms with van der Waals surface area (Å²) < 4.78 is 1.13. The van der Waals surface area contributed by atoms with Gasteiger partial charge in [0.2, 0.25) is 5.13 Å². The topological polar surface area (TPSA) is 54.0 Å². The molecule has 25 heavy (non-hydrogen) atoms. The number of benzene rings is 2. The minimum Gasteiger partial charge on any atom is -0.273 e. The van der Waals surface area contributed by atoms with Crippen molar-refractivity contribution in [2.75, 3.05) is 11.7 Å². The zero-order valence-electron chi connectivity index (χ0n) is 14.3. The monoisotopic (exact) mass is 371 g/mol. The van der Waals surface area contributed by atoms with Gasteiger partial charge in [-0.25, -0.2) is 4.98 Å². The number of hydrogen-bond donors (Lipinski definition) is 2. The number of thiazole rings is 1. The molecule has 0 unspecified atom stereocenters. The molecule has 1 amide bonds. The fraction of sp³-hybridized carbons (Fsp3) is 0.263. The Morgan fingerprint density at radius 1 is 1.24 bits per heavy atom. The van der Waals surface area contributed by atoms with Gasteiger partial charge in [-0.05, 0) is 48.9 Å². The summed E-state index contributed by atoms with van der Waals surface area (Å²) in [7, 11) is 0. The van der Waals surface area contributed by atoms with Crippen LogP contribution in [-0.4, -0.2) is 17.1 Å². The summed E-state index contributed by atoms with van der Waals surface area (Å²) in [6, 6.07) is 13.9. The van der Waals surface area contributed by atoms with Gasteiger partial charge in [-0.3, -0.25) is 15.6 Å². The Labute approximate surface area is 156 Å². The van der Waals surface area contributed by atoms with Crippen molar-refractivity contribution < 1.29 is 4.79 Å². The van der Waals surface area contributed by atoms with Crippen LogP contribution < -0.4 is 10.9 Å². The van der Waals surface area contributed by atoms with Crippen molar-refractivity contribution in [3.8, 4) is 0 Å². The number of carbonyl (C=O) groups excluding carboxylic acids is 1. The Balaban J connectivity index is 1.69. The molecule has 2 aromatic carbocycles. The third-order valence-electron chi connectivity index (χ3n) is 3.91. The van der Waals surface area contributed by atoms with E-state index in [1.165, 1.54) is 18.4 Å². The van der Waals surface area contributed by atoms with Gasteiger partial charge in [0.05, 0.1) is 15.8 Å². The molecule has 0 atom stereocenters. The van der Waals surface area contributed by atoms with Crippen LogP contribution in [0.15, 0.2) is 47.4 Å². The van der Waals surface area contributed by atoms with E-state index >= 15 is 0 Å². The molecule has 3 rings (SSSR count). The fourth-order valence-corrected chi connectivity index (χ4v) is 4.05. The molecular formula is C19H21N3OS2. The van der Waals surface area contributed by atoms with Crippen molar-refractivity contribution in [3.63, 3.8) is 0 Å². The van der Waals surface area contributed by atoms with E-state index in [0.717, 1.165) is 21.5 Å². The van der Waals surface area contributed by atoms with Crippen molar-refractivity contribution in [2.24, 2.45) is 0 Å². The molecular weight excluding hydrogens is 350 g/mol. The SMILES string of the molecule is CCCCc1ccc2nc(NNC(=O)c3ccccc3SC)sc2c1. The lowest BCUT2D eigenvalue weighted by Crippen LogP contribution is -2.29. The van der Waals surface area contributed by atoms with E-state index in [1.807, 2.05) is 36.6 Å². The number of anilines is 1. The molecule has 130 valence electrons. The Kier molecular flexibility index (Phi) is 5.94. The third kappa shape index (κ3) is 4.32. The van der Waals surface area contributed by atoms with Gasteiger partial charge in [-0.2, -0.15) is 0 Å². The predicted molar refractivity (Wildman–Crippen MR) is 108 cm³/mol. The second-order valence-corrected chi connectivity index (χ2v) is 7.58. The summed E-state index contributed by atoms with van der Waals surface area (Å²) >= 11 is 3.11. The van der Waals surface area contributed by atoms with Crippen molar-refractivity contribution >= 4 is 44.4 Å². The Hall–Kier alpha value is -2.05. The molecule has 3 aromatic rings. The first kappa shape index (κ1) is 17.8. The maximum Gasteiger partial charge on any atom is 0.270 e. The molecule has 0 aliphatic carbocycles. The highest BCUT2D eigenvalue weighted by Gasteiger charge is 2.11. The van der Waals surface area contributed by atoms with Gasteiger partial charge in [0.15, 0.2) is 0 Å². The molecule has 1 aromatic heterocycles. The van der Waals surface area contributed by atoms with E-state index in [-0.39, 0.29) is 5.91 Å². The normalized spacial score (nSPS) is 10.8. The molecule has 0 aliphatic heterocycles. The van der Waals surface area contributed by atoms with Crippen LogP contribution in [0.4, 0.5) is 5.13 Å². The van der Waals surface area contributed by atoms with Crippen LogP contribution in [0.2, 0.25) is 0 Å². The molecule has 0 radical (unpaired) electrons. The number of nitrogens with one attached hydrogen (secondary N) is 2. The van der Waals surface area contributed by atoms with E-state index in [9.17, 15) is 4.79 Å². The Morgan fingerprint density at radius 3 is 2.88 bits per heavy atom. The Bertz CT molecular complexity index is 876. The van der Waals surface area contributed by atoms with E-state index in [0.29, 0.717) is 10.7 Å². The molecule has 0 saturated heterocycles. The summed E-state index contributed by atoms with van der Waals surface area (Å²) in [5.41, 5.74) is 8.63. The molecule has 1 heterocycles. The smallest absolute Gasteiger partial charge is 0.270 e. The largest absolute Gasteiger partial charge is 0.273 e. The molecule has 2 N–H and O–H groups in total. The van der Waals surface area contributed by atoms with E-state index in [4.69, 9.17) is 0 Å². The molecule has 0 aliphatic rings. The average Bonchev–Trinajstić information content (AvgIpc) is 3.06. The van der Waals surface area contributed by atoms with Crippen LogP contribution in [0.1, 0.15) is 35.7 Å². The van der Waals surface area contributed by atoms with Crippen molar-refractivity contribution in [1.29, 1.82) is 0 Å². The lowest BCUT2D eigenvalue weighted by atomic mass is 10.1. The number of aromatic nitrogens is 1. The van der Waals surface area contributed by atoms with Gasteiger partial charge >= 0.3 is 0 Å². The summed E-state index contributed by atoms with van der Waals surface area (Å²) in [6.07, 6.45) is 5.44. The number of hydrogen-bond acceptors (Lipinski definition) is 5. The highest BCUT2D eigenvalue weighted by atomic mass is 32.2. The van der Waals surface area contributed by atoms with Gasteiger partial charge in [-0.15, -0.1) is 11.8 Å². The number of nitrogens with zero attached hydrogens (tertiary/aromatic N) is 1. The standard InChI is InChI=1S/C19H21N3OS2/c1-3-4-7-13-10-11-15-17(12-13)25-19(20-15)22-21-18(23)14-8-5-6-9-16(14)24-2/h5-6,8-12H,3-4,7H2,1-2H3,(H,20,22)(H,21,23). The van der Waals surface area contributed by atoms with Gasteiger partial charge in [0, 0.05) is 4.90 Å². The Morgan fingerprint density at radius 2 is 2.08 bits per heavy atom. The number of aryl methyl sites for hydroxylation is 1. The van der Waals surface area contributed by atoms with E-state index in [2.05, 4.69) is 34.9 Å². The number of rotatable bonds is 7. The van der Waals surface area contributed by atoms with Gasteiger partial charge in [0.1, 0.15) is 0 Å². The first-order valence-corrected chi connectivity index (χ1v) is 10.3. The first-order valence-electron chi connectivity index (χ1n) is 8.30.